The average Bonchev–Trinajstić information content (AvgIpc) is 2.63. The Morgan fingerprint density at radius 3 is 1.57 bits per heavy atom. The first kappa shape index (κ1) is 16.6. The van der Waals surface area contributed by atoms with E-state index >= 15 is 0 Å². The van der Waals surface area contributed by atoms with Crippen LogP contribution in [0.25, 0.3) is 0 Å². The molecule has 1 aromatic rings. The van der Waals surface area contributed by atoms with Crippen LogP contribution in [-0.2, 0) is 0 Å². The maximum absolute atomic E-state index is 3.96. The molecule has 2 aliphatic rings. The summed E-state index contributed by atoms with van der Waals surface area (Å²) in [5.74, 6) is 3.17. The molecule has 0 aliphatic heterocycles. The van der Waals surface area contributed by atoms with E-state index in [2.05, 4.69) is 56.0 Å². The predicted octanol–water partition coefficient (Wildman–Crippen LogP) is 7.00. The molecule has 0 unspecified atom stereocenters. The summed E-state index contributed by atoms with van der Waals surface area (Å²) in [4.78, 5) is 0. The molecule has 0 spiro atoms. The van der Waals surface area contributed by atoms with Gasteiger partial charge in [-0.05, 0) is 93.1 Å². The molecular formula is C23H32. The summed E-state index contributed by atoms with van der Waals surface area (Å²) in [6, 6.07) is 9.70. The van der Waals surface area contributed by atoms with Gasteiger partial charge in [0.1, 0.15) is 0 Å². The van der Waals surface area contributed by atoms with Crippen molar-refractivity contribution < 1.29 is 0 Å². The highest BCUT2D eigenvalue weighted by molar-refractivity contribution is 5.28. The normalized spacial score (nSPS) is 32.0. The predicted molar refractivity (Wildman–Crippen MR) is 101 cm³/mol. The Balaban J connectivity index is 1.56. The third-order valence-electron chi connectivity index (χ3n) is 6.22. The van der Waals surface area contributed by atoms with Crippen LogP contribution in [0.1, 0.15) is 81.3 Å². The van der Waals surface area contributed by atoms with Gasteiger partial charge < -0.3 is 0 Å². The first-order chi connectivity index (χ1) is 11.3. The minimum Gasteiger partial charge on any atom is -0.103 e. The van der Waals surface area contributed by atoms with Gasteiger partial charge in [0.25, 0.3) is 0 Å². The van der Waals surface area contributed by atoms with E-state index in [0.717, 1.165) is 23.7 Å². The van der Waals surface area contributed by atoms with Crippen LogP contribution < -0.4 is 0 Å². The lowest BCUT2D eigenvalue weighted by atomic mass is 9.76. The maximum Gasteiger partial charge on any atom is -0.0162 e. The van der Waals surface area contributed by atoms with Gasteiger partial charge in [-0.1, -0.05) is 42.5 Å². The van der Waals surface area contributed by atoms with E-state index in [9.17, 15) is 0 Å². The van der Waals surface area contributed by atoms with Gasteiger partial charge in [-0.15, -0.1) is 6.58 Å². The van der Waals surface area contributed by atoms with Gasteiger partial charge in [-0.25, -0.2) is 0 Å². The molecule has 0 N–H and O–H groups in total. The van der Waals surface area contributed by atoms with Crippen molar-refractivity contribution in [2.45, 2.75) is 70.1 Å². The molecule has 0 saturated heterocycles. The molecule has 2 fully saturated rings. The molecule has 124 valence electrons. The number of allylic oxidation sites excluding steroid dienone is 3. The summed E-state index contributed by atoms with van der Waals surface area (Å²) in [6.07, 6.45) is 17.6. The van der Waals surface area contributed by atoms with E-state index < -0.39 is 0 Å². The molecule has 0 radical (unpaired) electrons. The van der Waals surface area contributed by atoms with E-state index in [1.165, 1.54) is 51.4 Å². The van der Waals surface area contributed by atoms with Crippen molar-refractivity contribution in [2.24, 2.45) is 11.8 Å². The average molecular weight is 309 g/mol. The number of hydrogen-bond donors (Lipinski definition) is 0. The smallest absolute Gasteiger partial charge is 0.0162 e. The molecule has 0 amide bonds. The summed E-state index contributed by atoms with van der Waals surface area (Å²) in [5, 5.41) is 0. The first-order valence-corrected chi connectivity index (χ1v) is 9.65. The van der Waals surface area contributed by atoms with E-state index in [4.69, 9.17) is 0 Å². The zero-order valence-electron chi connectivity index (χ0n) is 14.7. The fraction of sp³-hybridized carbons (Fsp3) is 0.565. The lowest BCUT2D eigenvalue weighted by Gasteiger charge is -2.29. The Morgan fingerprint density at radius 2 is 1.17 bits per heavy atom. The Labute approximate surface area is 142 Å². The van der Waals surface area contributed by atoms with Gasteiger partial charge in [0.2, 0.25) is 0 Å². The van der Waals surface area contributed by atoms with Gasteiger partial charge in [0.15, 0.2) is 0 Å². The lowest BCUT2D eigenvalue weighted by Crippen LogP contribution is -2.13. The van der Waals surface area contributed by atoms with Crippen LogP contribution in [0.5, 0.6) is 0 Å². The van der Waals surface area contributed by atoms with Crippen LogP contribution in [-0.4, -0.2) is 0 Å². The molecular weight excluding hydrogens is 276 g/mol. The molecule has 0 atom stereocenters. The molecule has 0 heteroatoms. The fourth-order valence-corrected chi connectivity index (χ4v) is 4.65. The molecule has 0 bridgehead atoms. The summed E-state index contributed by atoms with van der Waals surface area (Å²) in [7, 11) is 0. The fourth-order valence-electron chi connectivity index (χ4n) is 4.65. The second kappa shape index (κ2) is 7.99. The highest BCUT2D eigenvalue weighted by Crippen LogP contribution is 2.39. The van der Waals surface area contributed by atoms with Crippen LogP contribution in [0, 0.1) is 11.8 Å². The van der Waals surface area contributed by atoms with Gasteiger partial charge in [-0.2, -0.15) is 0 Å². The van der Waals surface area contributed by atoms with Crippen molar-refractivity contribution in [1.29, 1.82) is 0 Å². The van der Waals surface area contributed by atoms with Crippen molar-refractivity contribution in [2.75, 3.05) is 0 Å². The zero-order chi connectivity index (χ0) is 16.1. The third-order valence-corrected chi connectivity index (χ3v) is 6.22. The topological polar surface area (TPSA) is 0 Å². The van der Waals surface area contributed by atoms with E-state index in [1.54, 1.807) is 11.1 Å². The van der Waals surface area contributed by atoms with Crippen LogP contribution in [0.2, 0.25) is 0 Å². The van der Waals surface area contributed by atoms with Crippen molar-refractivity contribution in [3.63, 3.8) is 0 Å². The number of rotatable bonds is 4. The molecule has 2 aliphatic carbocycles. The van der Waals surface area contributed by atoms with E-state index in [1.807, 2.05) is 0 Å². The molecule has 3 rings (SSSR count). The second-order valence-corrected chi connectivity index (χ2v) is 7.65. The molecule has 0 nitrogen and oxygen atoms in total. The molecule has 23 heavy (non-hydrogen) atoms. The zero-order valence-corrected chi connectivity index (χ0v) is 14.7. The maximum atomic E-state index is 3.96. The first-order valence-electron chi connectivity index (χ1n) is 9.65. The molecule has 1 aromatic carbocycles. The lowest BCUT2D eigenvalue weighted by molar-refractivity contribution is 0.373. The van der Waals surface area contributed by atoms with E-state index in [-0.39, 0.29) is 0 Å². The Morgan fingerprint density at radius 1 is 0.739 bits per heavy atom. The minimum absolute atomic E-state index is 0.762. The van der Waals surface area contributed by atoms with Crippen LogP contribution in [0.3, 0.4) is 0 Å². The Bertz CT molecular complexity index is 505. The van der Waals surface area contributed by atoms with Crippen LogP contribution >= 0.6 is 0 Å². The number of hydrogen-bond acceptors (Lipinski definition) is 0. The monoisotopic (exact) mass is 308 g/mol. The molecule has 2 saturated carbocycles. The summed E-state index contributed by atoms with van der Waals surface area (Å²) < 4.78 is 0. The third kappa shape index (κ3) is 4.16. The van der Waals surface area contributed by atoms with Gasteiger partial charge in [-0.3, -0.25) is 0 Å². The van der Waals surface area contributed by atoms with Crippen molar-refractivity contribution in [3.8, 4) is 0 Å². The second-order valence-electron chi connectivity index (χ2n) is 7.65. The summed E-state index contributed by atoms with van der Waals surface area (Å²) in [5.41, 5.74) is 3.14. The van der Waals surface area contributed by atoms with Gasteiger partial charge in [0.05, 0.1) is 0 Å². The highest BCUT2D eigenvalue weighted by Gasteiger charge is 2.23. The van der Waals surface area contributed by atoms with E-state index in [0.29, 0.717) is 0 Å². The van der Waals surface area contributed by atoms with Crippen molar-refractivity contribution in [1.82, 2.24) is 0 Å². The summed E-state index contributed by atoms with van der Waals surface area (Å²) >= 11 is 0. The Hall–Kier alpha value is -1.30. The summed E-state index contributed by atoms with van der Waals surface area (Å²) in [6.45, 7) is 6.10. The van der Waals surface area contributed by atoms with Gasteiger partial charge >= 0.3 is 0 Å². The van der Waals surface area contributed by atoms with Crippen LogP contribution in [0.4, 0.5) is 0 Å². The Kier molecular flexibility index (Phi) is 5.75. The number of benzene rings is 1. The molecule has 0 heterocycles. The highest BCUT2D eigenvalue weighted by atomic mass is 14.3. The van der Waals surface area contributed by atoms with Gasteiger partial charge in [0, 0.05) is 0 Å². The van der Waals surface area contributed by atoms with Crippen molar-refractivity contribution in [3.05, 3.63) is 60.2 Å². The quantitative estimate of drug-likeness (QED) is 0.525. The molecule has 0 aromatic heterocycles. The standard InChI is InChI=1S/C23H32/c1-3-5-19-8-12-21(13-9-19)23-16-14-22(15-17-23)20-10-6-18(4-2)7-11-20/h3-5,14-21H,2,6-13H2,1H3/b5-3+. The van der Waals surface area contributed by atoms with Crippen molar-refractivity contribution >= 4 is 0 Å². The minimum atomic E-state index is 0.762. The largest absolute Gasteiger partial charge is 0.103 e. The SMILES string of the molecule is C=CC1CCC(c2ccc(C3CCC(/C=C/C)CC3)cc2)CC1. The van der Waals surface area contributed by atoms with Crippen LogP contribution in [0.15, 0.2) is 49.1 Å².